The maximum atomic E-state index is 13.2. The van der Waals surface area contributed by atoms with Crippen molar-refractivity contribution in [2.45, 2.75) is 6.92 Å². The van der Waals surface area contributed by atoms with Crippen molar-refractivity contribution in [2.24, 2.45) is 0 Å². The number of benzene rings is 2. The van der Waals surface area contributed by atoms with Gasteiger partial charge in [0.1, 0.15) is 11.6 Å². The van der Waals surface area contributed by atoms with Gasteiger partial charge >= 0.3 is 0 Å². The highest BCUT2D eigenvalue weighted by molar-refractivity contribution is 6.07. The number of aryl methyl sites for hydroxylation is 1. The Kier molecular flexibility index (Phi) is 3.51. The molecule has 98 valence electrons. The molecule has 1 N–H and O–H groups in total. The van der Waals surface area contributed by atoms with Crippen LogP contribution < -0.4 is 4.90 Å². The summed E-state index contributed by atoms with van der Waals surface area (Å²) in [4.78, 5) is 13.6. The first kappa shape index (κ1) is 13.1. The van der Waals surface area contributed by atoms with E-state index in [9.17, 15) is 14.3 Å². The fourth-order valence-electron chi connectivity index (χ4n) is 1.81. The van der Waals surface area contributed by atoms with Gasteiger partial charge in [-0.15, -0.1) is 0 Å². The molecule has 0 unspecified atom stereocenters. The molecule has 0 atom stereocenters. The highest BCUT2D eigenvalue weighted by atomic mass is 19.1. The number of aromatic hydroxyl groups is 1. The lowest BCUT2D eigenvalue weighted by molar-refractivity contribution is 0.0990. The lowest BCUT2D eigenvalue weighted by atomic mass is 10.1. The predicted molar refractivity (Wildman–Crippen MR) is 72.0 cm³/mol. The Morgan fingerprint density at radius 1 is 1.21 bits per heavy atom. The van der Waals surface area contributed by atoms with Crippen LogP contribution >= 0.6 is 0 Å². The fraction of sp³-hybridized carbons (Fsp3) is 0.133. The van der Waals surface area contributed by atoms with Crippen LogP contribution in [0.1, 0.15) is 15.9 Å². The topological polar surface area (TPSA) is 40.5 Å². The highest BCUT2D eigenvalue weighted by Gasteiger charge is 2.17. The van der Waals surface area contributed by atoms with Crippen molar-refractivity contribution in [3.8, 4) is 5.75 Å². The third-order valence-electron chi connectivity index (χ3n) is 2.88. The van der Waals surface area contributed by atoms with E-state index in [1.54, 1.807) is 13.1 Å². The van der Waals surface area contributed by atoms with Crippen LogP contribution in [0.15, 0.2) is 42.5 Å². The van der Waals surface area contributed by atoms with Gasteiger partial charge < -0.3 is 10.0 Å². The third-order valence-corrected chi connectivity index (χ3v) is 2.88. The zero-order valence-electron chi connectivity index (χ0n) is 10.7. The molecule has 0 aliphatic carbocycles. The van der Waals surface area contributed by atoms with Crippen molar-refractivity contribution in [1.82, 2.24) is 0 Å². The van der Waals surface area contributed by atoms with Crippen LogP contribution in [0.5, 0.6) is 5.75 Å². The van der Waals surface area contributed by atoms with E-state index in [0.717, 1.165) is 17.7 Å². The minimum absolute atomic E-state index is 0.0518. The number of hydrogen-bond acceptors (Lipinski definition) is 2. The van der Waals surface area contributed by atoms with Gasteiger partial charge in [-0.3, -0.25) is 4.79 Å². The molecule has 0 aromatic heterocycles. The summed E-state index contributed by atoms with van der Waals surface area (Å²) in [6.07, 6.45) is 0. The first-order valence-corrected chi connectivity index (χ1v) is 5.82. The molecule has 0 aliphatic rings. The van der Waals surface area contributed by atoms with Gasteiger partial charge in [0, 0.05) is 12.7 Å². The van der Waals surface area contributed by atoms with Crippen LogP contribution in [-0.4, -0.2) is 18.1 Å². The van der Waals surface area contributed by atoms with Gasteiger partial charge in [0.25, 0.3) is 5.91 Å². The zero-order chi connectivity index (χ0) is 14.0. The Balaban J connectivity index is 2.36. The number of amides is 1. The van der Waals surface area contributed by atoms with Gasteiger partial charge in [0.15, 0.2) is 0 Å². The lowest BCUT2D eigenvalue weighted by Gasteiger charge is -2.18. The molecule has 0 aliphatic heterocycles. The normalized spacial score (nSPS) is 10.3. The summed E-state index contributed by atoms with van der Waals surface area (Å²) in [7, 11) is 1.58. The molecule has 4 heteroatoms. The number of rotatable bonds is 2. The van der Waals surface area contributed by atoms with Gasteiger partial charge in [-0.2, -0.15) is 0 Å². The van der Waals surface area contributed by atoms with Crippen LogP contribution in [0.3, 0.4) is 0 Å². The van der Waals surface area contributed by atoms with Gasteiger partial charge in [0.05, 0.1) is 5.56 Å². The first-order valence-electron chi connectivity index (χ1n) is 5.82. The second kappa shape index (κ2) is 5.10. The SMILES string of the molecule is Cc1cccc(N(C)C(=O)c2cc(F)ccc2O)c1. The summed E-state index contributed by atoms with van der Waals surface area (Å²) in [6, 6.07) is 10.7. The Hall–Kier alpha value is -2.36. The number of anilines is 1. The molecule has 0 heterocycles. The maximum Gasteiger partial charge on any atom is 0.261 e. The number of nitrogens with zero attached hydrogens (tertiary/aromatic N) is 1. The van der Waals surface area contributed by atoms with Gasteiger partial charge in [-0.1, -0.05) is 12.1 Å². The maximum absolute atomic E-state index is 13.2. The van der Waals surface area contributed by atoms with E-state index in [-0.39, 0.29) is 11.3 Å². The number of carbonyl (C=O) groups is 1. The molecule has 0 saturated carbocycles. The van der Waals surface area contributed by atoms with Gasteiger partial charge in [-0.25, -0.2) is 4.39 Å². The second-order valence-electron chi connectivity index (χ2n) is 4.36. The predicted octanol–water partition coefficient (Wildman–Crippen LogP) is 3.12. The van der Waals surface area contributed by atoms with Crippen molar-refractivity contribution in [3.63, 3.8) is 0 Å². The average molecular weight is 259 g/mol. The number of carbonyl (C=O) groups excluding carboxylic acids is 1. The molecule has 0 bridgehead atoms. The number of halogens is 1. The van der Waals surface area contributed by atoms with Crippen molar-refractivity contribution < 1.29 is 14.3 Å². The van der Waals surface area contributed by atoms with E-state index in [1.165, 1.54) is 11.0 Å². The highest BCUT2D eigenvalue weighted by Crippen LogP contribution is 2.22. The van der Waals surface area contributed by atoms with Crippen molar-refractivity contribution in [1.29, 1.82) is 0 Å². The van der Waals surface area contributed by atoms with E-state index in [2.05, 4.69) is 0 Å². The molecule has 0 radical (unpaired) electrons. The van der Waals surface area contributed by atoms with E-state index in [1.807, 2.05) is 25.1 Å². The summed E-state index contributed by atoms with van der Waals surface area (Å²) in [6.45, 7) is 1.92. The molecule has 0 saturated heterocycles. The summed E-state index contributed by atoms with van der Waals surface area (Å²) in [5, 5.41) is 9.64. The third kappa shape index (κ3) is 2.73. The van der Waals surface area contributed by atoms with Gasteiger partial charge in [-0.05, 0) is 42.8 Å². The van der Waals surface area contributed by atoms with Crippen molar-refractivity contribution in [2.75, 3.05) is 11.9 Å². The Morgan fingerprint density at radius 3 is 2.63 bits per heavy atom. The Labute approximate surface area is 110 Å². The summed E-state index contributed by atoms with van der Waals surface area (Å²) < 4.78 is 13.2. The molecule has 2 rings (SSSR count). The van der Waals surface area contributed by atoms with Crippen LogP contribution in [0.25, 0.3) is 0 Å². The molecular formula is C15H14FNO2. The number of phenols is 1. The average Bonchev–Trinajstić information content (AvgIpc) is 2.40. The molecule has 1 amide bonds. The smallest absolute Gasteiger partial charge is 0.261 e. The van der Waals surface area contributed by atoms with Crippen LogP contribution in [0.4, 0.5) is 10.1 Å². The van der Waals surface area contributed by atoms with E-state index in [0.29, 0.717) is 5.69 Å². The van der Waals surface area contributed by atoms with E-state index < -0.39 is 11.7 Å². The minimum atomic E-state index is -0.557. The molecular weight excluding hydrogens is 245 g/mol. The largest absolute Gasteiger partial charge is 0.507 e. The quantitative estimate of drug-likeness (QED) is 0.900. The molecule has 2 aromatic carbocycles. The standard InChI is InChI=1S/C15H14FNO2/c1-10-4-3-5-12(8-10)17(2)15(19)13-9-11(16)6-7-14(13)18/h3-9,18H,1-2H3. The van der Waals surface area contributed by atoms with E-state index >= 15 is 0 Å². The van der Waals surface area contributed by atoms with Crippen LogP contribution in [0.2, 0.25) is 0 Å². The van der Waals surface area contributed by atoms with Crippen molar-refractivity contribution >= 4 is 11.6 Å². The molecule has 3 nitrogen and oxygen atoms in total. The lowest BCUT2D eigenvalue weighted by Crippen LogP contribution is -2.26. The Bertz CT molecular complexity index is 625. The van der Waals surface area contributed by atoms with Crippen LogP contribution in [-0.2, 0) is 0 Å². The fourth-order valence-corrected chi connectivity index (χ4v) is 1.81. The molecule has 2 aromatic rings. The van der Waals surface area contributed by atoms with Gasteiger partial charge in [0.2, 0.25) is 0 Å². The summed E-state index contributed by atoms with van der Waals surface area (Å²) >= 11 is 0. The summed E-state index contributed by atoms with van der Waals surface area (Å²) in [5.41, 5.74) is 1.65. The second-order valence-corrected chi connectivity index (χ2v) is 4.36. The monoisotopic (exact) mass is 259 g/mol. The molecule has 19 heavy (non-hydrogen) atoms. The molecule has 0 fully saturated rings. The first-order chi connectivity index (χ1) is 8.99. The van der Waals surface area contributed by atoms with E-state index in [4.69, 9.17) is 0 Å². The Morgan fingerprint density at radius 2 is 1.95 bits per heavy atom. The minimum Gasteiger partial charge on any atom is -0.507 e. The summed E-state index contributed by atoms with van der Waals surface area (Å²) in [5.74, 6) is -1.24. The van der Waals surface area contributed by atoms with Crippen LogP contribution in [0, 0.1) is 12.7 Å². The number of hydrogen-bond donors (Lipinski definition) is 1. The molecule has 0 spiro atoms. The van der Waals surface area contributed by atoms with Crippen molar-refractivity contribution in [3.05, 3.63) is 59.4 Å². The zero-order valence-corrected chi connectivity index (χ0v) is 10.7. The number of phenolic OH excluding ortho intramolecular Hbond substituents is 1.